The summed E-state index contributed by atoms with van der Waals surface area (Å²) in [5.74, 6) is 0.427. The van der Waals surface area contributed by atoms with E-state index in [2.05, 4.69) is 23.6 Å². The number of aliphatic hydroxyl groups is 1. The third-order valence-electron chi connectivity index (χ3n) is 4.80. The van der Waals surface area contributed by atoms with Gasteiger partial charge in [0, 0.05) is 38.3 Å². The van der Waals surface area contributed by atoms with Crippen molar-refractivity contribution in [3.05, 3.63) is 0 Å². The van der Waals surface area contributed by atoms with Gasteiger partial charge >= 0.3 is 0 Å². The molecule has 2 saturated heterocycles. The van der Waals surface area contributed by atoms with Crippen LogP contribution in [-0.2, 0) is 4.74 Å². The smallest absolute Gasteiger partial charge is 0.0594 e. The molecular formula is C14H28N2O2. The fourth-order valence-corrected chi connectivity index (χ4v) is 3.23. The quantitative estimate of drug-likeness (QED) is 0.807. The fourth-order valence-electron chi connectivity index (χ4n) is 3.23. The molecule has 0 radical (unpaired) electrons. The maximum Gasteiger partial charge on any atom is 0.0594 e. The second-order valence-corrected chi connectivity index (χ2v) is 6.12. The van der Waals surface area contributed by atoms with Crippen LogP contribution in [0.1, 0.15) is 26.7 Å². The van der Waals surface area contributed by atoms with Gasteiger partial charge in [0.15, 0.2) is 0 Å². The van der Waals surface area contributed by atoms with Crippen LogP contribution in [0.2, 0.25) is 0 Å². The average molecular weight is 256 g/mol. The van der Waals surface area contributed by atoms with E-state index in [1.807, 2.05) is 0 Å². The number of likely N-dealkylation sites (tertiary alicyclic amines) is 1. The van der Waals surface area contributed by atoms with Gasteiger partial charge in [0.2, 0.25) is 0 Å². The molecule has 2 rings (SSSR count). The highest BCUT2D eigenvalue weighted by molar-refractivity contribution is 4.92. The molecule has 18 heavy (non-hydrogen) atoms. The zero-order valence-corrected chi connectivity index (χ0v) is 11.9. The van der Waals surface area contributed by atoms with Crippen molar-refractivity contribution in [2.75, 3.05) is 52.5 Å². The molecule has 0 aromatic carbocycles. The first kappa shape index (κ1) is 14.3. The predicted octanol–water partition coefficient (Wildman–Crippen LogP) is 0.802. The molecule has 0 aliphatic carbocycles. The molecule has 2 aliphatic heterocycles. The molecule has 1 N–H and O–H groups in total. The number of nitrogens with zero attached hydrogens (tertiary/aromatic N) is 2. The number of hydrogen-bond acceptors (Lipinski definition) is 4. The van der Waals surface area contributed by atoms with Crippen LogP contribution in [0.3, 0.4) is 0 Å². The van der Waals surface area contributed by atoms with Crippen molar-refractivity contribution in [2.45, 2.75) is 32.2 Å². The highest BCUT2D eigenvalue weighted by atomic mass is 16.5. The molecule has 1 atom stereocenters. The summed E-state index contributed by atoms with van der Waals surface area (Å²) in [4.78, 5) is 5.05. The maximum absolute atomic E-state index is 9.51. The largest absolute Gasteiger partial charge is 0.396 e. The van der Waals surface area contributed by atoms with Crippen molar-refractivity contribution in [1.82, 2.24) is 9.80 Å². The van der Waals surface area contributed by atoms with Crippen LogP contribution in [0.25, 0.3) is 0 Å². The monoisotopic (exact) mass is 256 g/mol. The van der Waals surface area contributed by atoms with Gasteiger partial charge in [-0.1, -0.05) is 0 Å². The van der Waals surface area contributed by atoms with Gasteiger partial charge in [0.25, 0.3) is 0 Å². The molecule has 106 valence electrons. The zero-order chi connectivity index (χ0) is 13.0. The van der Waals surface area contributed by atoms with E-state index in [-0.39, 0.29) is 5.54 Å². The second-order valence-electron chi connectivity index (χ2n) is 6.12. The third-order valence-corrected chi connectivity index (χ3v) is 4.80. The highest BCUT2D eigenvalue weighted by Gasteiger charge is 2.37. The first-order valence-corrected chi connectivity index (χ1v) is 7.30. The molecule has 0 saturated carbocycles. The molecule has 4 nitrogen and oxygen atoms in total. The SMILES string of the molecule is CC1(C)C(CO)CCCN1CCN1CCOCC1. The van der Waals surface area contributed by atoms with Crippen LogP contribution in [0, 0.1) is 5.92 Å². The number of ether oxygens (including phenoxy) is 1. The minimum absolute atomic E-state index is 0.138. The summed E-state index contributed by atoms with van der Waals surface area (Å²) in [6.07, 6.45) is 2.38. The average Bonchev–Trinajstić information content (AvgIpc) is 2.38. The van der Waals surface area contributed by atoms with Gasteiger partial charge in [0.1, 0.15) is 0 Å². The topological polar surface area (TPSA) is 35.9 Å². The molecule has 2 fully saturated rings. The minimum atomic E-state index is 0.138. The summed E-state index contributed by atoms with van der Waals surface area (Å²) >= 11 is 0. The predicted molar refractivity (Wildman–Crippen MR) is 72.7 cm³/mol. The Morgan fingerprint density at radius 1 is 1.17 bits per heavy atom. The van der Waals surface area contributed by atoms with Gasteiger partial charge in [-0.15, -0.1) is 0 Å². The maximum atomic E-state index is 9.51. The lowest BCUT2D eigenvalue weighted by Gasteiger charge is -2.48. The fraction of sp³-hybridized carbons (Fsp3) is 1.00. The lowest BCUT2D eigenvalue weighted by molar-refractivity contribution is -0.0186. The molecule has 1 unspecified atom stereocenters. The van der Waals surface area contributed by atoms with Crippen LogP contribution in [0.5, 0.6) is 0 Å². The normalized spacial score (nSPS) is 30.5. The molecular weight excluding hydrogens is 228 g/mol. The van der Waals surface area contributed by atoms with Crippen molar-refractivity contribution in [1.29, 1.82) is 0 Å². The van der Waals surface area contributed by atoms with Gasteiger partial charge in [-0.05, 0) is 39.2 Å². The number of morpholine rings is 1. The summed E-state index contributed by atoms with van der Waals surface area (Å²) in [5, 5.41) is 9.51. The first-order chi connectivity index (χ1) is 8.64. The number of rotatable bonds is 4. The van der Waals surface area contributed by atoms with Gasteiger partial charge in [-0.3, -0.25) is 9.80 Å². The molecule has 4 heteroatoms. The Kier molecular flexibility index (Phi) is 5.01. The molecule has 0 spiro atoms. The lowest BCUT2D eigenvalue weighted by atomic mass is 9.79. The Morgan fingerprint density at radius 2 is 1.89 bits per heavy atom. The Balaban J connectivity index is 1.83. The van der Waals surface area contributed by atoms with E-state index in [4.69, 9.17) is 4.74 Å². The number of aliphatic hydroxyl groups excluding tert-OH is 1. The summed E-state index contributed by atoms with van der Waals surface area (Å²) in [6, 6.07) is 0. The molecule has 0 aromatic heterocycles. The summed E-state index contributed by atoms with van der Waals surface area (Å²) in [5.41, 5.74) is 0.138. The van der Waals surface area contributed by atoms with Crippen molar-refractivity contribution in [3.63, 3.8) is 0 Å². The zero-order valence-electron chi connectivity index (χ0n) is 11.9. The van der Waals surface area contributed by atoms with Crippen LogP contribution >= 0.6 is 0 Å². The Morgan fingerprint density at radius 3 is 2.56 bits per heavy atom. The van der Waals surface area contributed by atoms with E-state index >= 15 is 0 Å². The number of piperidine rings is 1. The van der Waals surface area contributed by atoms with E-state index in [1.165, 1.54) is 13.0 Å². The van der Waals surface area contributed by atoms with Crippen LogP contribution in [0.15, 0.2) is 0 Å². The summed E-state index contributed by atoms with van der Waals surface area (Å²) in [6.45, 7) is 12.2. The van der Waals surface area contributed by atoms with Gasteiger partial charge in [-0.2, -0.15) is 0 Å². The second kappa shape index (κ2) is 6.33. The Bertz CT molecular complexity index is 252. The first-order valence-electron chi connectivity index (χ1n) is 7.30. The minimum Gasteiger partial charge on any atom is -0.396 e. The summed E-state index contributed by atoms with van der Waals surface area (Å²) in [7, 11) is 0. The molecule has 0 aromatic rings. The third kappa shape index (κ3) is 3.23. The highest BCUT2D eigenvalue weighted by Crippen LogP contribution is 2.32. The van der Waals surface area contributed by atoms with Gasteiger partial charge in [-0.25, -0.2) is 0 Å². The van der Waals surface area contributed by atoms with Crippen molar-refractivity contribution in [2.24, 2.45) is 5.92 Å². The standard InChI is InChI=1S/C14H28N2O2/c1-14(2)13(12-17)4-3-5-16(14)7-6-15-8-10-18-11-9-15/h13,17H,3-12H2,1-2H3. The van der Waals surface area contributed by atoms with Crippen LogP contribution < -0.4 is 0 Å². The van der Waals surface area contributed by atoms with E-state index in [9.17, 15) is 5.11 Å². The molecule has 0 bridgehead atoms. The number of hydrogen-bond donors (Lipinski definition) is 1. The Hall–Kier alpha value is -0.160. The van der Waals surface area contributed by atoms with Crippen molar-refractivity contribution < 1.29 is 9.84 Å². The van der Waals surface area contributed by atoms with Gasteiger partial charge in [0.05, 0.1) is 13.2 Å². The molecule has 2 aliphatic rings. The van der Waals surface area contributed by atoms with Gasteiger partial charge < -0.3 is 9.84 Å². The van der Waals surface area contributed by atoms with Crippen molar-refractivity contribution in [3.8, 4) is 0 Å². The van der Waals surface area contributed by atoms with Crippen LogP contribution in [0.4, 0.5) is 0 Å². The lowest BCUT2D eigenvalue weighted by Crippen LogP contribution is -2.56. The summed E-state index contributed by atoms with van der Waals surface area (Å²) < 4.78 is 5.38. The van der Waals surface area contributed by atoms with E-state index < -0.39 is 0 Å². The van der Waals surface area contributed by atoms with E-state index in [0.717, 1.165) is 45.8 Å². The Labute approximate surface area is 111 Å². The molecule has 2 heterocycles. The van der Waals surface area contributed by atoms with Crippen molar-refractivity contribution >= 4 is 0 Å². The van der Waals surface area contributed by atoms with E-state index in [0.29, 0.717) is 12.5 Å². The molecule has 0 amide bonds. The van der Waals surface area contributed by atoms with Crippen LogP contribution in [-0.4, -0.2) is 73.0 Å². The van der Waals surface area contributed by atoms with E-state index in [1.54, 1.807) is 0 Å².